The summed E-state index contributed by atoms with van der Waals surface area (Å²) in [5.41, 5.74) is 8.03. The van der Waals surface area contributed by atoms with Gasteiger partial charge in [-0.05, 0) is 25.0 Å². The van der Waals surface area contributed by atoms with E-state index in [-0.39, 0.29) is 19.3 Å². The monoisotopic (exact) mass is 541 g/mol. The third-order valence-corrected chi connectivity index (χ3v) is 6.07. The number of para-hydroxylation sites is 1. The molecule has 0 fully saturated rings. The zero-order valence-electron chi connectivity index (χ0n) is 21.1. The lowest BCUT2D eigenvalue weighted by molar-refractivity contribution is -0.141. The lowest BCUT2D eigenvalue weighted by Crippen LogP contribution is -2.57. The van der Waals surface area contributed by atoms with Crippen LogP contribution in [-0.4, -0.2) is 79.0 Å². The van der Waals surface area contributed by atoms with Crippen molar-refractivity contribution in [3.05, 3.63) is 54.2 Å². The first kappa shape index (κ1) is 28.8. The lowest BCUT2D eigenvalue weighted by atomic mass is 10.0. The van der Waals surface area contributed by atoms with Crippen molar-refractivity contribution in [1.29, 1.82) is 0 Å². The molecule has 4 unspecified atom stereocenters. The Bertz CT molecular complexity index is 1320. The maximum atomic E-state index is 13.3. The minimum atomic E-state index is -1.32. The van der Waals surface area contributed by atoms with Gasteiger partial charge < -0.3 is 41.9 Å². The molecule has 3 amide bonds. The van der Waals surface area contributed by atoms with Gasteiger partial charge in [0.25, 0.3) is 0 Å². The van der Waals surface area contributed by atoms with Crippen molar-refractivity contribution in [2.75, 3.05) is 0 Å². The van der Waals surface area contributed by atoms with Crippen LogP contribution in [0.2, 0.25) is 0 Å². The first-order chi connectivity index (χ1) is 18.5. The van der Waals surface area contributed by atoms with Gasteiger partial charge in [-0.15, -0.1) is 0 Å². The van der Waals surface area contributed by atoms with Crippen molar-refractivity contribution in [3.63, 3.8) is 0 Å². The summed E-state index contributed by atoms with van der Waals surface area (Å²) in [5.74, 6) is -4.73. The number of rotatable bonds is 14. The minimum absolute atomic E-state index is 0.00708. The summed E-state index contributed by atoms with van der Waals surface area (Å²) in [6.45, 7) is 1.28. The molecule has 14 heteroatoms. The fourth-order valence-corrected chi connectivity index (χ4v) is 3.92. The number of benzene rings is 1. The number of hydrogen-bond donors (Lipinski definition) is 8. The number of amides is 3. The number of aromatic amines is 2. The molecule has 3 rings (SSSR count). The second kappa shape index (κ2) is 13.2. The summed E-state index contributed by atoms with van der Waals surface area (Å²) < 4.78 is 0. The van der Waals surface area contributed by atoms with Crippen LogP contribution in [0.1, 0.15) is 31.0 Å². The van der Waals surface area contributed by atoms with E-state index in [1.165, 1.54) is 19.4 Å². The third-order valence-electron chi connectivity index (χ3n) is 6.07. The maximum Gasteiger partial charge on any atom is 0.325 e. The molecule has 0 radical (unpaired) electrons. The number of H-pyrrole nitrogens is 2. The first-order valence-corrected chi connectivity index (χ1v) is 12.2. The number of carbonyl (C=O) groups is 5. The first-order valence-electron chi connectivity index (χ1n) is 12.2. The normalized spacial score (nSPS) is 14.1. The van der Waals surface area contributed by atoms with Crippen LogP contribution >= 0.6 is 0 Å². The Kier molecular flexibility index (Phi) is 9.75. The molecular weight excluding hydrogens is 510 g/mol. The highest BCUT2D eigenvalue weighted by Gasteiger charge is 2.30. The van der Waals surface area contributed by atoms with Crippen molar-refractivity contribution in [1.82, 2.24) is 30.9 Å². The molecule has 4 atom stereocenters. The summed E-state index contributed by atoms with van der Waals surface area (Å²) in [7, 11) is 0. The maximum absolute atomic E-state index is 13.3. The molecule has 208 valence electrons. The van der Waals surface area contributed by atoms with E-state index in [0.717, 1.165) is 10.9 Å². The van der Waals surface area contributed by atoms with Gasteiger partial charge >= 0.3 is 11.9 Å². The molecule has 0 spiro atoms. The van der Waals surface area contributed by atoms with Crippen molar-refractivity contribution < 1.29 is 34.2 Å². The van der Waals surface area contributed by atoms with Crippen LogP contribution in [0.3, 0.4) is 0 Å². The van der Waals surface area contributed by atoms with Gasteiger partial charge in [0.1, 0.15) is 18.1 Å². The van der Waals surface area contributed by atoms with Crippen LogP contribution in [0.15, 0.2) is 43.0 Å². The van der Waals surface area contributed by atoms with Gasteiger partial charge in [0.2, 0.25) is 17.7 Å². The van der Waals surface area contributed by atoms with Gasteiger partial charge in [-0.2, -0.15) is 0 Å². The molecule has 0 aliphatic heterocycles. The van der Waals surface area contributed by atoms with Gasteiger partial charge in [0.15, 0.2) is 0 Å². The molecule has 0 aliphatic carbocycles. The topological polar surface area (TPSA) is 232 Å². The zero-order valence-corrected chi connectivity index (χ0v) is 21.1. The quantitative estimate of drug-likeness (QED) is 0.130. The smallest absolute Gasteiger partial charge is 0.325 e. The molecule has 39 heavy (non-hydrogen) atoms. The van der Waals surface area contributed by atoms with Crippen molar-refractivity contribution in [2.24, 2.45) is 5.73 Å². The Morgan fingerprint density at radius 2 is 1.64 bits per heavy atom. The van der Waals surface area contributed by atoms with Crippen LogP contribution in [0.25, 0.3) is 10.9 Å². The van der Waals surface area contributed by atoms with E-state index in [9.17, 15) is 29.1 Å². The Hall–Kier alpha value is -4.72. The highest BCUT2D eigenvalue weighted by atomic mass is 16.4. The van der Waals surface area contributed by atoms with Crippen LogP contribution in [-0.2, 0) is 36.8 Å². The second-order valence-electron chi connectivity index (χ2n) is 9.07. The molecule has 2 heterocycles. The van der Waals surface area contributed by atoms with Crippen LogP contribution in [0, 0.1) is 0 Å². The number of carboxylic acid groups (broad SMARTS) is 2. The van der Waals surface area contributed by atoms with Gasteiger partial charge in [-0.25, -0.2) is 4.98 Å². The average Bonchev–Trinajstić information content (AvgIpc) is 3.55. The zero-order chi connectivity index (χ0) is 28.5. The Balaban J connectivity index is 1.79. The summed E-state index contributed by atoms with van der Waals surface area (Å²) >= 11 is 0. The molecule has 3 aromatic rings. The largest absolute Gasteiger partial charge is 0.481 e. The van der Waals surface area contributed by atoms with Gasteiger partial charge in [-0.3, -0.25) is 24.0 Å². The second-order valence-corrected chi connectivity index (χ2v) is 9.07. The Morgan fingerprint density at radius 1 is 0.949 bits per heavy atom. The lowest BCUT2D eigenvalue weighted by Gasteiger charge is -2.24. The van der Waals surface area contributed by atoms with E-state index >= 15 is 0 Å². The summed E-state index contributed by atoms with van der Waals surface area (Å²) in [5, 5.41) is 26.5. The molecule has 9 N–H and O–H groups in total. The van der Waals surface area contributed by atoms with Crippen molar-refractivity contribution >= 4 is 40.6 Å². The molecule has 2 aromatic heterocycles. The number of nitrogens with zero attached hydrogens (tertiary/aromatic N) is 1. The van der Waals surface area contributed by atoms with Crippen LogP contribution in [0.4, 0.5) is 0 Å². The number of aliphatic carboxylic acids is 2. The number of nitrogens with two attached hydrogens (primary N) is 1. The molecule has 0 aliphatic rings. The van der Waals surface area contributed by atoms with E-state index in [1.54, 1.807) is 6.20 Å². The summed E-state index contributed by atoms with van der Waals surface area (Å²) in [4.78, 5) is 71.3. The number of hydrogen-bond acceptors (Lipinski definition) is 7. The number of fused-ring (bicyclic) bond motifs is 1. The molecule has 0 saturated heterocycles. The fraction of sp³-hybridized carbons (Fsp3) is 0.360. The number of nitrogens with one attached hydrogen (secondary N) is 5. The van der Waals surface area contributed by atoms with E-state index in [2.05, 4.69) is 30.9 Å². The Labute approximate surface area is 222 Å². The van der Waals surface area contributed by atoms with E-state index < -0.39 is 60.2 Å². The van der Waals surface area contributed by atoms with Crippen LogP contribution < -0.4 is 21.7 Å². The molecule has 0 saturated carbocycles. The predicted molar refractivity (Wildman–Crippen MR) is 138 cm³/mol. The third kappa shape index (κ3) is 8.13. The van der Waals surface area contributed by atoms with E-state index in [0.29, 0.717) is 11.3 Å². The molecule has 1 aromatic carbocycles. The highest BCUT2D eigenvalue weighted by Crippen LogP contribution is 2.19. The average molecular weight is 542 g/mol. The van der Waals surface area contributed by atoms with Crippen molar-refractivity contribution in [2.45, 2.75) is 56.8 Å². The minimum Gasteiger partial charge on any atom is -0.481 e. The number of carboxylic acids is 2. The summed E-state index contributed by atoms with van der Waals surface area (Å²) in [6.07, 6.45) is 3.97. The van der Waals surface area contributed by atoms with E-state index in [4.69, 9.17) is 10.8 Å². The Morgan fingerprint density at radius 3 is 2.31 bits per heavy atom. The van der Waals surface area contributed by atoms with Gasteiger partial charge in [0.05, 0.1) is 12.4 Å². The number of aromatic nitrogens is 3. The SMILES string of the molecule is CC(NC(=O)C(Cc1c[nH]c2ccccc12)NC(=O)C(CCC(=O)O)NC(=O)C(N)Cc1cnc[nH]1)C(=O)O. The van der Waals surface area contributed by atoms with Crippen molar-refractivity contribution in [3.8, 4) is 0 Å². The van der Waals surface area contributed by atoms with E-state index in [1.807, 2.05) is 24.3 Å². The number of carbonyl (C=O) groups excluding carboxylic acids is 3. The standard InChI is InChI=1S/C25H31N7O7/c1-13(25(38)39)30-24(37)20(8-14-10-28-18-5-3-2-4-16(14)18)32-23(36)19(6-7-21(33)34)31-22(35)17(26)9-15-11-27-12-29-15/h2-5,10-13,17,19-20,28H,6-9,26H2,1H3,(H,27,29)(H,30,37)(H,31,35)(H,32,36)(H,33,34)(H,38,39). The fourth-order valence-electron chi connectivity index (χ4n) is 3.92. The van der Waals surface area contributed by atoms with Crippen LogP contribution in [0.5, 0.6) is 0 Å². The van der Waals surface area contributed by atoms with Gasteiger partial charge in [-0.1, -0.05) is 18.2 Å². The predicted octanol–water partition coefficient (Wildman–Crippen LogP) is -0.573. The molecule has 0 bridgehead atoms. The summed E-state index contributed by atoms with van der Waals surface area (Å²) in [6, 6.07) is 2.45. The molecular formula is C25H31N7O7. The van der Waals surface area contributed by atoms with Gasteiger partial charge in [0, 0.05) is 48.3 Å². The molecule has 14 nitrogen and oxygen atoms in total. The highest BCUT2D eigenvalue weighted by molar-refractivity contribution is 5.95. The number of imidazole rings is 1.